The van der Waals surface area contributed by atoms with Gasteiger partial charge < -0.3 is 19.6 Å². The van der Waals surface area contributed by atoms with Crippen LogP contribution in [-0.4, -0.2) is 0 Å². The molecule has 13 aromatic rings. The minimum Gasteiger partial charge on any atom is -0.311 e. The second-order valence-electron chi connectivity index (χ2n) is 22.1. The van der Waals surface area contributed by atoms with E-state index in [2.05, 4.69) is 384 Å². The van der Waals surface area contributed by atoms with E-state index in [0.29, 0.717) is 0 Å². The van der Waals surface area contributed by atoms with E-state index < -0.39 is 0 Å². The minimum atomic E-state index is 1.07. The molecule has 0 N–H and O–H groups in total. The molecule has 13 aromatic carbocycles. The highest BCUT2D eigenvalue weighted by molar-refractivity contribution is 5.86. The molecule has 14 rings (SSSR count). The Labute approximate surface area is 517 Å². The van der Waals surface area contributed by atoms with Crippen LogP contribution < -0.4 is 19.6 Å². The Kier molecular flexibility index (Phi) is 15.7. The first kappa shape index (κ1) is 54.5. The molecule has 0 fully saturated rings. The lowest BCUT2D eigenvalue weighted by Gasteiger charge is -2.27. The first-order valence-corrected chi connectivity index (χ1v) is 30.3. The number of rotatable bonds is 17. The number of benzene rings is 13. The maximum Gasteiger partial charge on any atom is 0.0462 e. The zero-order valence-electron chi connectivity index (χ0n) is 48.8. The molecular weight excluding hydrogens is 1060 g/mol. The highest BCUT2D eigenvalue weighted by Gasteiger charge is 2.19. The van der Waals surface area contributed by atoms with Crippen molar-refractivity contribution >= 4 is 73.8 Å². The summed E-state index contributed by atoms with van der Waals surface area (Å²) in [6.07, 6.45) is 9.03. The summed E-state index contributed by atoms with van der Waals surface area (Å²) >= 11 is 0. The molecule has 0 heterocycles. The van der Waals surface area contributed by atoms with Gasteiger partial charge in [0.2, 0.25) is 0 Å². The third kappa shape index (κ3) is 11.8. The molecule has 88 heavy (non-hydrogen) atoms. The smallest absolute Gasteiger partial charge is 0.0462 e. The third-order valence-electron chi connectivity index (χ3n) is 16.5. The lowest BCUT2D eigenvalue weighted by Crippen LogP contribution is -2.10. The molecule has 0 spiro atoms. The lowest BCUT2D eigenvalue weighted by atomic mass is 9.99. The number of nitrogens with zero attached hydrogens (tertiary/aromatic N) is 4. The monoisotopic (exact) mass is 1130 g/mol. The van der Waals surface area contributed by atoms with Gasteiger partial charge in [0.25, 0.3) is 0 Å². The van der Waals surface area contributed by atoms with Crippen LogP contribution in [0.1, 0.15) is 18.4 Å². The first-order valence-electron chi connectivity index (χ1n) is 30.3. The fraction of sp³-hybridized carbons (Fsp3) is 0.0238. The molecule has 1 aliphatic carbocycles. The van der Waals surface area contributed by atoms with E-state index in [4.69, 9.17) is 0 Å². The van der Waals surface area contributed by atoms with Crippen LogP contribution in [0.2, 0.25) is 0 Å². The summed E-state index contributed by atoms with van der Waals surface area (Å²) in [6.45, 7) is 0. The summed E-state index contributed by atoms with van der Waals surface area (Å²) in [7, 11) is 0. The quantitative estimate of drug-likeness (QED) is 0.0901. The Bertz CT molecular complexity index is 4360. The van der Waals surface area contributed by atoms with Crippen molar-refractivity contribution in [1.29, 1.82) is 0 Å². The predicted octanol–water partition coefficient (Wildman–Crippen LogP) is 24.0. The molecule has 0 radical (unpaired) electrons. The summed E-state index contributed by atoms with van der Waals surface area (Å²) in [6, 6.07) is 124. The Hall–Kier alpha value is -11.5. The zero-order valence-corrected chi connectivity index (χ0v) is 48.8. The maximum absolute atomic E-state index is 2.36. The van der Waals surface area contributed by atoms with Gasteiger partial charge in [-0.05, 0) is 214 Å². The first-order chi connectivity index (χ1) is 43.6. The van der Waals surface area contributed by atoms with E-state index in [1.165, 1.54) is 22.3 Å². The van der Waals surface area contributed by atoms with Crippen molar-refractivity contribution in [2.24, 2.45) is 0 Å². The van der Waals surface area contributed by atoms with Crippen molar-refractivity contribution in [1.82, 2.24) is 0 Å². The molecule has 420 valence electrons. The van der Waals surface area contributed by atoms with Crippen LogP contribution in [0.5, 0.6) is 0 Å². The predicted molar refractivity (Wildman–Crippen MR) is 373 cm³/mol. The zero-order chi connectivity index (χ0) is 58.9. The number of hydrogen-bond donors (Lipinski definition) is 0. The van der Waals surface area contributed by atoms with Gasteiger partial charge in [0.1, 0.15) is 0 Å². The van der Waals surface area contributed by atoms with Gasteiger partial charge in [0.15, 0.2) is 0 Å². The number of para-hydroxylation sites is 4. The van der Waals surface area contributed by atoms with Crippen LogP contribution >= 0.6 is 0 Å². The van der Waals surface area contributed by atoms with Crippen molar-refractivity contribution in [3.63, 3.8) is 0 Å². The summed E-state index contributed by atoms with van der Waals surface area (Å²) in [5.41, 5.74) is 24.9. The molecular formula is C84H64N4. The van der Waals surface area contributed by atoms with Crippen molar-refractivity contribution in [3.8, 4) is 44.5 Å². The highest BCUT2D eigenvalue weighted by Crippen LogP contribution is 2.43. The Balaban J connectivity index is 0.744. The van der Waals surface area contributed by atoms with E-state index in [9.17, 15) is 0 Å². The summed E-state index contributed by atoms with van der Waals surface area (Å²) in [4.78, 5) is 9.30. The average molecular weight is 1130 g/mol. The molecule has 0 saturated carbocycles. The second-order valence-corrected chi connectivity index (χ2v) is 22.1. The fourth-order valence-electron chi connectivity index (χ4n) is 12.0. The SMILES string of the molecule is C1=CC(c2ccc(N(c3ccc(-c4ccc(N(c5ccccc5)c5ccccc5)cc4)cc3)c3ccc(-c4ccc(N(c5ccc(-c6ccccc6)cc5)c5ccc(-c6ccc(N(c7ccccc7)c7ccccc7)cc6)cc5)cc4)cc3)cc2)=CCC1. The lowest BCUT2D eigenvalue weighted by molar-refractivity contribution is 1.04. The normalized spacial score (nSPS) is 11.8. The van der Waals surface area contributed by atoms with Gasteiger partial charge in [-0.1, -0.05) is 218 Å². The van der Waals surface area contributed by atoms with Gasteiger partial charge in [0, 0.05) is 68.2 Å². The summed E-state index contributed by atoms with van der Waals surface area (Å²) in [5.74, 6) is 0. The van der Waals surface area contributed by atoms with Crippen LogP contribution in [0.3, 0.4) is 0 Å². The molecule has 0 amide bonds. The number of anilines is 12. The van der Waals surface area contributed by atoms with Crippen LogP contribution in [0.25, 0.3) is 50.1 Å². The standard InChI is InChI=1S/C84H64N4/c1-7-19-63(20-8-1)65-31-47-79(48-32-65)87(81-55-39-69(40-56-81)67-35-51-77(52-36-67)85(73-23-11-3-12-24-73)74-25-13-4-14-26-74)83-59-43-71(44-60-83)72-45-61-84(62-46-72)88(80-49-33-66(34-50-80)64-21-9-2-10-22-64)82-57-41-70(42-58-82)68-37-53-78(54-38-68)86(75-27-15-5-16-28-75)76-29-17-6-18-30-76/h1,3-9,11-62H,2,10H2. The molecule has 0 bridgehead atoms. The molecule has 4 heteroatoms. The minimum absolute atomic E-state index is 1.07. The van der Waals surface area contributed by atoms with E-state index in [1.807, 2.05) is 0 Å². The van der Waals surface area contributed by atoms with Gasteiger partial charge in [-0.2, -0.15) is 0 Å². The Morgan fingerprint density at radius 3 is 0.545 bits per heavy atom. The van der Waals surface area contributed by atoms with E-state index >= 15 is 0 Å². The van der Waals surface area contributed by atoms with Crippen LogP contribution in [0, 0.1) is 0 Å². The van der Waals surface area contributed by atoms with E-state index in [1.54, 1.807) is 0 Å². The molecule has 0 unspecified atom stereocenters. The molecule has 0 atom stereocenters. The molecule has 0 saturated heterocycles. The van der Waals surface area contributed by atoms with Crippen molar-refractivity contribution < 1.29 is 0 Å². The van der Waals surface area contributed by atoms with Crippen LogP contribution in [0.15, 0.2) is 364 Å². The van der Waals surface area contributed by atoms with Gasteiger partial charge >= 0.3 is 0 Å². The highest BCUT2D eigenvalue weighted by atomic mass is 15.2. The fourth-order valence-corrected chi connectivity index (χ4v) is 12.0. The van der Waals surface area contributed by atoms with Crippen LogP contribution in [0.4, 0.5) is 68.2 Å². The molecule has 0 aliphatic heterocycles. The summed E-state index contributed by atoms with van der Waals surface area (Å²) < 4.78 is 0. The van der Waals surface area contributed by atoms with Crippen LogP contribution in [-0.2, 0) is 0 Å². The number of hydrogen-bond acceptors (Lipinski definition) is 4. The van der Waals surface area contributed by atoms with Gasteiger partial charge in [-0.3, -0.25) is 0 Å². The van der Waals surface area contributed by atoms with Crippen molar-refractivity contribution in [2.45, 2.75) is 12.8 Å². The second kappa shape index (κ2) is 25.4. The number of allylic oxidation sites excluding steroid dienone is 4. The molecule has 4 nitrogen and oxygen atoms in total. The molecule has 0 aromatic heterocycles. The Morgan fingerprint density at radius 1 is 0.159 bits per heavy atom. The molecule has 1 aliphatic rings. The summed E-state index contributed by atoms with van der Waals surface area (Å²) in [5, 5.41) is 0. The van der Waals surface area contributed by atoms with Crippen molar-refractivity contribution in [2.75, 3.05) is 19.6 Å². The van der Waals surface area contributed by atoms with Gasteiger partial charge in [-0.25, -0.2) is 0 Å². The average Bonchev–Trinajstić information content (AvgIpc) is 3.77. The van der Waals surface area contributed by atoms with Gasteiger partial charge in [-0.15, -0.1) is 0 Å². The van der Waals surface area contributed by atoms with Crippen molar-refractivity contribution in [3.05, 3.63) is 370 Å². The topological polar surface area (TPSA) is 13.0 Å². The van der Waals surface area contributed by atoms with E-state index in [0.717, 1.165) is 114 Å². The van der Waals surface area contributed by atoms with Gasteiger partial charge in [0.05, 0.1) is 0 Å². The maximum atomic E-state index is 2.36. The van der Waals surface area contributed by atoms with E-state index in [-0.39, 0.29) is 0 Å². The Morgan fingerprint density at radius 2 is 0.341 bits per heavy atom. The largest absolute Gasteiger partial charge is 0.311 e. The third-order valence-corrected chi connectivity index (χ3v) is 16.5.